The zero-order valence-corrected chi connectivity index (χ0v) is 22.4. The molecule has 9 nitrogen and oxygen atoms in total. The minimum atomic E-state index is -0.784. The van der Waals surface area contributed by atoms with Crippen molar-refractivity contribution in [1.82, 2.24) is 20.1 Å². The molecular weight excluding hydrogens is 576 g/mol. The van der Waals surface area contributed by atoms with E-state index in [4.69, 9.17) is 4.74 Å². The van der Waals surface area contributed by atoms with Crippen molar-refractivity contribution in [2.24, 2.45) is 0 Å². The van der Waals surface area contributed by atoms with E-state index in [2.05, 4.69) is 36.6 Å². The van der Waals surface area contributed by atoms with Gasteiger partial charge >= 0.3 is 0 Å². The lowest BCUT2D eigenvalue weighted by Gasteiger charge is -2.12. The Morgan fingerprint density at radius 1 is 1.03 bits per heavy atom. The molecule has 2 amide bonds. The summed E-state index contributed by atoms with van der Waals surface area (Å²) in [6.07, 6.45) is 2.14. The Morgan fingerprint density at radius 2 is 1.82 bits per heavy atom. The molecule has 0 saturated carbocycles. The average molecular weight is 598 g/mol. The van der Waals surface area contributed by atoms with Gasteiger partial charge in [0.15, 0.2) is 17.3 Å². The van der Waals surface area contributed by atoms with Crippen LogP contribution in [0, 0.1) is 18.6 Å². The number of halogens is 3. The average Bonchev–Trinajstić information content (AvgIpc) is 2.89. The highest BCUT2D eigenvalue weighted by atomic mass is 79.9. The molecule has 0 aliphatic heterocycles. The van der Waals surface area contributed by atoms with Gasteiger partial charge in [0, 0.05) is 41.1 Å². The summed E-state index contributed by atoms with van der Waals surface area (Å²) in [7, 11) is 0. The molecule has 12 heteroatoms. The third-order valence-electron chi connectivity index (χ3n) is 5.39. The topological polar surface area (TPSA) is 115 Å². The van der Waals surface area contributed by atoms with E-state index in [9.17, 15) is 23.2 Å². The highest BCUT2D eigenvalue weighted by Crippen LogP contribution is 2.27. The first-order chi connectivity index (χ1) is 18.7. The molecular formula is C27H22BrF2N5O4. The van der Waals surface area contributed by atoms with Crippen molar-refractivity contribution in [3.63, 3.8) is 0 Å². The van der Waals surface area contributed by atoms with Gasteiger partial charge in [0.05, 0.1) is 0 Å². The molecule has 0 fully saturated rings. The number of nitrogens with one attached hydrogen (secondary N) is 2. The lowest BCUT2D eigenvalue weighted by molar-refractivity contribution is 0.0947. The maximum Gasteiger partial charge on any atom is 0.276 e. The summed E-state index contributed by atoms with van der Waals surface area (Å²) in [5.74, 6) is -2.55. The van der Waals surface area contributed by atoms with Crippen LogP contribution in [0.3, 0.4) is 0 Å². The fourth-order valence-corrected chi connectivity index (χ4v) is 3.83. The number of aromatic nitrogens is 3. The molecule has 0 atom stereocenters. The zero-order chi connectivity index (χ0) is 28.1. The smallest absolute Gasteiger partial charge is 0.276 e. The molecule has 4 aromatic rings. The van der Waals surface area contributed by atoms with Crippen LogP contribution >= 0.6 is 15.9 Å². The summed E-state index contributed by atoms with van der Waals surface area (Å²) in [4.78, 5) is 41.5. The van der Waals surface area contributed by atoms with Crippen LogP contribution in [0.1, 0.15) is 39.9 Å². The number of rotatable bonds is 8. The minimum Gasteiger partial charge on any atom is -0.454 e. The monoisotopic (exact) mass is 597 g/mol. The van der Waals surface area contributed by atoms with Crippen LogP contribution in [0.15, 0.2) is 70.1 Å². The Bertz CT molecular complexity index is 1630. The molecule has 0 unspecified atom stereocenters. The van der Waals surface area contributed by atoms with E-state index < -0.39 is 23.1 Å². The first-order valence-corrected chi connectivity index (χ1v) is 12.5. The maximum atomic E-state index is 14.8. The number of amides is 2. The Balaban J connectivity index is 1.52. The van der Waals surface area contributed by atoms with Crippen molar-refractivity contribution in [1.29, 1.82) is 0 Å². The van der Waals surface area contributed by atoms with Crippen LogP contribution in [0.5, 0.6) is 11.5 Å². The number of anilines is 1. The lowest BCUT2D eigenvalue weighted by atomic mass is 10.2. The summed E-state index contributed by atoms with van der Waals surface area (Å²) in [5, 5.41) is 9.26. The Kier molecular flexibility index (Phi) is 8.45. The molecule has 2 heterocycles. The largest absolute Gasteiger partial charge is 0.454 e. The van der Waals surface area contributed by atoms with E-state index in [1.165, 1.54) is 55.6 Å². The van der Waals surface area contributed by atoms with Gasteiger partial charge in [-0.1, -0.05) is 22.9 Å². The molecule has 0 radical (unpaired) electrons. The SMILES string of the molecule is CCCNC(=O)c1cc(Oc2ccc(NC(=O)c3nn(-c4ccc(Br)cc4F)c(=O)cc3C)cc2F)ccn1. The maximum absolute atomic E-state index is 14.8. The quantitative estimate of drug-likeness (QED) is 0.290. The molecule has 0 spiro atoms. The summed E-state index contributed by atoms with van der Waals surface area (Å²) in [6.45, 7) is 3.92. The zero-order valence-electron chi connectivity index (χ0n) is 20.8. The van der Waals surface area contributed by atoms with Gasteiger partial charge in [-0.05, 0) is 55.3 Å². The predicted octanol–water partition coefficient (Wildman–Crippen LogP) is 5.16. The second-order valence-electron chi connectivity index (χ2n) is 8.36. The van der Waals surface area contributed by atoms with Gasteiger partial charge in [-0.15, -0.1) is 0 Å². The van der Waals surface area contributed by atoms with Gasteiger partial charge in [-0.2, -0.15) is 9.78 Å². The molecule has 0 bridgehead atoms. The molecule has 0 aliphatic carbocycles. The van der Waals surface area contributed by atoms with Crippen LogP contribution in [-0.2, 0) is 0 Å². The standard InChI is InChI=1S/C27H22BrF2N5O4/c1-3-9-32-26(37)21-14-18(8-10-31-21)39-23-7-5-17(13-20(23)30)33-27(38)25-15(2)11-24(36)35(34-25)22-6-4-16(28)12-19(22)29/h4-8,10-14H,3,9H2,1-2H3,(H,32,37)(H,33,38). The van der Waals surface area contributed by atoms with Crippen LogP contribution in [0.25, 0.3) is 5.69 Å². The van der Waals surface area contributed by atoms with Gasteiger partial charge in [-0.25, -0.2) is 8.78 Å². The highest BCUT2D eigenvalue weighted by molar-refractivity contribution is 9.10. The van der Waals surface area contributed by atoms with Crippen LogP contribution < -0.4 is 20.9 Å². The second-order valence-corrected chi connectivity index (χ2v) is 9.27. The number of ether oxygens (including phenoxy) is 1. The first-order valence-electron chi connectivity index (χ1n) is 11.8. The lowest BCUT2D eigenvalue weighted by Crippen LogP contribution is -2.27. The highest BCUT2D eigenvalue weighted by Gasteiger charge is 2.18. The number of pyridine rings is 1. The van der Waals surface area contributed by atoms with E-state index in [0.29, 0.717) is 11.0 Å². The molecule has 0 aliphatic rings. The van der Waals surface area contributed by atoms with Crippen molar-refractivity contribution in [3.05, 3.63) is 104 Å². The molecule has 2 aromatic heterocycles. The number of benzene rings is 2. The third-order valence-corrected chi connectivity index (χ3v) is 5.89. The van der Waals surface area contributed by atoms with Crippen molar-refractivity contribution in [2.75, 3.05) is 11.9 Å². The summed E-state index contributed by atoms with van der Waals surface area (Å²) >= 11 is 3.15. The molecule has 39 heavy (non-hydrogen) atoms. The first kappa shape index (κ1) is 27.6. The third kappa shape index (κ3) is 6.52. The molecule has 0 saturated heterocycles. The Hall–Kier alpha value is -4.45. The molecule has 200 valence electrons. The normalized spacial score (nSPS) is 10.7. The number of aryl methyl sites for hydroxylation is 1. The van der Waals surface area contributed by atoms with Gasteiger partial charge in [0.1, 0.15) is 22.9 Å². The van der Waals surface area contributed by atoms with Gasteiger partial charge in [-0.3, -0.25) is 19.4 Å². The summed E-state index contributed by atoms with van der Waals surface area (Å²) in [5.41, 5.74) is -0.441. The van der Waals surface area contributed by atoms with E-state index in [1.54, 1.807) is 0 Å². The van der Waals surface area contributed by atoms with Gasteiger partial charge < -0.3 is 15.4 Å². The Morgan fingerprint density at radius 3 is 2.54 bits per heavy atom. The van der Waals surface area contributed by atoms with E-state index in [1.807, 2.05) is 6.92 Å². The van der Waals surface area contributed by atoms with Gasteiger partial charge in [0.25, 0.3) is 17.4 Å². The fourth-order valence-electron chi connectivity index (χ4n) is 3.50. The summed E-state index contributed by atoms with van der Waals surface area (Å²) in [6, 6.07) is 11.8. The fraction of sp³-hybridized carbons (Fsp3) is 0.148. The van der Waals surface area contributed by atoms with E-state index in [0.717, 1.165) is 23.2 Å². The van der Waals surface area contributed by atoms with Crippen molar-refractivity contribution in [3.8, 4) is 17.2 Å². The molecule has 2 aromatic carbocycles. The molecule has 4 rings (SSSR count). The van der Waals surface area contributed by atoms with Crippen molar-refractivity contribution < 1.29 is 23.1 Å². The van der Waals surface area contributed by atoms with Gasteiger partial charge in [0.2, 0.25) is 0 Å². The van der Waals surface area contributed by atoms with Crippen LogP contribution in [0.4, 0.5) is 14.5 Å². The van der Waals surface area contributed by atoms with Crippen LogP contribution in [0.2, 0.25) is 0 Å². The molecule has 2 N–H and O–H groups in total. The van der Waals surface area contributed by atoms with E-state index in [-0.39, 0.29) is 45.7 Å². The summed E-state index contributed by atoms with van der Waals surface area (Å²) < 4.78 is 36.1. The number of hydrogen-bond acceptors (Lipinski definition) is 6. The number of hydrogen-bond donors (Lipinski definition) is 2. The van der Waals surface area contributed by atoms with Crippen molar-refractivity contribution in [2.45, 2.75) is 20.3 Å². The number of carbonyl (C=O) groups is 2. The minimum absolute atomic E-state index is 0.0907. The van der Waals surface area contributed by atoms with Crippen LogP contribution in [-0.4, -0.2) is 33.1 Å². The number of nitrogens with zero attached hydrogens (tertiary/aromatic N) is 3. The van der Waals surface area contributed by atoms with E-state index >= 15 is 0 Å². The Labute approximate surface area is 230 Å². The number of carbonyl (C=O) groups excluding carboxylic acids is 2. The van der Waals surface area contributed by atoms with Crippen molar-refractivity contribution >= 4 is 33.4 Å². The predicted molar refractivity (Wildman–Crippen MR) is 144 cm³/mol. The second kappa shape index (κ2) is 11.9.